The lowest BCUT2D eigenvalue weighted by Gasteiger charge is -2.35. The molecule has 1 N–H and O–H groups in total. The van der Waals surface area contributed by atoms with Gasteiger partial charge >= 0.3 is 0 Å². The molecule has 5 heteroatoms. The Kier molecular flexibility index (Phi) is 3.97. The Morgan fingerprint density at radius 3 is 2.79 bits per heavy atom. The zero-order valence-corrected chi connectivity index (χ0v) is 10.9. The van der Waals surface area contributed by atoms with Crippen molar-refractivity contribution >= 4 is 6.29 Å². The van der Waals surface area contributed by atoms with Crippen molar-refractivity contribution in [3.8, 4) is 0 Å². The van der Waals surface area contributed by atoms with Gasteiger partial charge in [-0.25, -0.2) is 0 Å². The van der Waals surface area contributed by atoms with Gasteiger partial charge in [-0.3, -0.25) is 9.78 Å². The molecule has 5 nitrogen and oxygen atoms in total. The Morgan fingerprint density at radius 1 is 1.42 bits per heavy atom. The summed E-state index contributed by atoms with van der Waals surface area (Å²) >= 11 is 0. The largest absolute Gasteiger partial charge is 0.468 e. The average molecular weight is 260 g/mol. The molecule has 0 amide bonds. The average Bonchev–Trinajstić information content (AvgIpc) is 2.46. The van der Waals surface area contributed by atoms with E-state index in [2.05, 4.69) is 10.3 Å². The van der Waals surface area contributed by atoms with E-state index in [9.17, 15) is 4.79 Å². The summed E-state index contributed by atoms with van der Waals surface area (Å²) in [4.78, 5) is 15.2. The van der Waals surface area contributed by atoms with E-state index in [1.807, 2.05) is 19.1 Å². The standard InChI is InChI=1S/C14H16N2O3/c1-14(12-4-6-15-7-5-12)13(19-10-18-2)11(9-17)3-8-16-14/h3-9,16H,10H2,1-2H3. The van der Waals surface area contributed by atoms with Crippen molar-refractivity contribution in [1.29, 1.82) is 0 Å². The van der Waals surface area contributed by atoms with E-state index in [1.165, 1.54) is 7.11 Å². The number of nitrogens with zero attached hydrogens (tertiary/aromatic N) is 1. The van der Waals surface area contributed by atoms with E-state index in [0.717, 1.165) is 11.8 Å². The molecule has 0 saturated carbocycles. The van der Waals surface area contributed by atoms with Gasteiger partial charge in [0.25, 0.3) is 0 Å². The van der Waals surface area contributed by atoms with E-state index in [4.69, 9.17) is 9.47 Å². The molecule has 1 aliphatic rings. The molecular formula is C14H16N2O3. The summed E-state index contributed by atoms with van der Waals surface area (Å²) in [6.07, 6.45) is 7.61. The number of hydrogen-bond donors (Lipinski definition) is 1. The van der Waals surface area contributed by atoms with Gasteiger partial charge in [0.1, 0.15) is 11.3 Å². The second kappa shape index (κ2) is 5.67. The Morgan fingerprint density at radius 2 is 2.16 bits per heavy atom. The highest BCUT2D eigenvalue weighted by atomic mass is 16.7. The molecule has 2 heterocycles. The van der Waals surface area contributed by atoms with Gasteiger partial charge in [-0.2, -0.15) is 0 Å². The highest BCUT2D eigenvalue weighted by Crippen LogP contribution is 2.34. The van der Waals surface area contributed by atoms with Crippen LogP contribution in [0.3, 0.4) is 0 Å². The van der Waals surface area contributed by atoms with Gasteiger partial charge in [-0.1, -0.05) is 0 Å². The van der Waals surface area contributed by atoms with Crippen LogP contribution >= 0.6 is 0 Å². The molecule has 0 fully saturated rings. The quantitative estimate of drug-likeness (QED) is 0.642. The minimum atomic E-state index is -0.619. The van der Waals surface area contributed by atoms with Crippen LogP contribution in [0.15, 0.2) is 48.1 Å². The maximum absolute atomic E-state index is 11.2. The number of ether oxygens (including phenoxy) is 2. The number of hydrogen-bond acceptors (Lipinski definition) is 5. The summed E-state index contributed by atoms with van der Waals surface area (Å²) in [7, 11) is 1.54. The van der Waals surface area contributed by atoms with Crippen LogP contribution in [0.5, 0.6) is 0 Å². The van der Waals surface area contributed by atoms with Crippen LogP contribution in [0, 0.1) is 0 Å². The van der Waals surface area contributed by atoms with Crippen LogP contribution in [-0.2, 0) is 19.8 Å². The molecule has 0 saturated heterocycles. The first-order chi connectivity index (χ1) is 9.22. The number of aldehydes is 1. The molecule has 1 aromatic heterocycles. The van der Waals surface area contributed by atoms with Crippen molar-refractivity contribution in [2.45, 2.75) is 12.5 Å². The smallest absolute Gasteiger partial charge is 0.188 e. The maximum atomic E-state index is 11.2. The molecular weight excluding hydrogens is 244 g/mol. The van der Waals surface area contributed by atoms with Gasteiger partial charge in [0.2, 0.25) is 0 Å². The van der Waals surface area contributed by atoms with Crippen molar-refractivity contribution in [2.75, 3.05) is 13.9 Å². The second-order valence-corrected chi connectivity index (χ2v) is 4.29. The van der Waals surface area contributed by atoms with E-state index in [0.29, 0.717) is 11.3 Å². The predicted octanol–water partition coefficient (Wildman–Crippen LogP) is 1.49. The molecule has 0 radical (unpaired) electrons. The number of rotatable bonds is 5. The van der Waals surface area contributed by atoms with Gasteiger partial charge in [0, 0.05) is 19.5 Å². The van der Waals surface area contributed by atoms with Crippen molar-refractivity contribution in [3.63, 3.8) is 0 Å². The van der Waals surface area contributed by atoms with Crippen LogP contribution in [-0.4, -0.2) is 25.2 Å². The van der Waals surface area contributed by atoms with Gasteiger partial charge in [0.05, 0.1) is 5.57 Å². The van der Waals surface area contributed by atoms with E-state index >= 15 is 0 Å². The molecule has 1 aliphatic heterocycles. The molecule has 0 aromatic carbocycles. The van der Waals surface area contributed by atoms with E-state index < -0.39 is 5.54 Å². The van der Waals surface area contributed by atoms with E-state index in [-0.39, 0.29) is 6.79 Å². The lowest BCUT2D eigenvalue weighted by atomic mass is 9.86. The Bertz CT molecular complexity index is 511. The fourth-order valence-corrected chi connectivity index (χ4v) is 2.07. The molecule has 1 unspecified atom stereocenters. The van der Waals surface area contributed by atoms with Crippen LogP contribution in [0.2, 0.25) is 0 Å². The molecule has 100 valence electrons. The predicted molar refractivity (Wildman–Crippen MR) is 69.9 cm³/mol. The highest BCUT2D eigenvalue weighted by molar-refractivity contribution is 5.79. The fourth-order valence-electron chi connectivity index (χ4n) is 2.07. The third-order valence-electron chi connectivity index (χ3n) is 3.06. The van der Waals surface area contributed by atoms with Crippen molar-refractivity contribution in [2.24, 2.45) is 0 Å². The molecule has 2 rings (SSSR count). The van der Waals surface area contributed by atoms with Crippen LogP contribution in [0.4, 0.5) is 0 Å². The maximum Gasteiger partial charge on any atom is 0.188 e. The number of carbonyl (C=O) groups excluding carboxylic acids is 1. The number of carbonyl (C=O) groups is 1. The summed E-state index contributed by atoms with van der Waals surface area (Å²) in [5, 5.41) is 3.23. The summed E-state index contributed by atoms with van der Waals surface area (Å²) < 4.78 is 10.5. The Labute approximate surface area is 111 Å². The molecule has 19 heavy (non-hydrogen) atoms. The lowest BCUT2D eigenvalue weighted by Crippen LogP contribution is -2.42. The third-order valence-corrected chi connectivity index (χ3v) is 3.06. The number of aromatic nitrogens is 1. The molecule has 1 aromatic rings. The zero-order valence-electron chi connectivity index (χ0n) is 10.9. The van der Waals surface area contributed by atoms with Crippen LogP contribution in [0.25, 0.3) is 0 Å². The fraction of sp³-hybridized carbons (Fsp3) is 0.286. The first-order valence-corrected chi connectivity index (χ1v) is 5.89. The summed E-state index contributed by atoms with van der Waals surface area (Å²) in [6, 6.07) is 3.76. The number of nitrogens with one attached hydrogen (secondary N) is 1. The highest BCUT2D eigenvalue weighted by Gasteiger charge is 2.36. The SMILES string of the molecule is COCOC1=C(C=O)C=CNC1(C)c1ccncc1. The second-order valence-electron chi connectivity index (χ2n) is 4.29. The van der Waals surface area contributed by atoms with Crippen molar-refractivity contribution in [1.82, 2.24) is 10.3 Å². The normalized spacial score (nSPS) is 22.0. The molecule has 0 aliphatic carbocycles. The topological polar surface area (TPSA) is 60.5 Å². The third kappa shape index (κ3) is 2.51. The van der Waals surface area contributed by atoms with Crippen molar-refractivity contribution in [3.05, 3.63) is 53.7 Å². The molecule has 0 spiro atoms. The van der Waals surface area contributed by atoms with Gasteiger partial charge in [-0.05, 0) is 36.9 Å². The summed E-state index contributed by atoms with van der Waals surface area (Å²) in [5.74, 6) is 0.540. The van der Waals surface area contributed by atoms with Crippen molar-refractivity contribution < 1.29 is 14.3 Å². The lowest BCUT2D eigenvalue weighted by molar-refractivity contribution is -0.105. The Hall–Kier alpha value is -2.14. The van der Waals surface area contributed by atoms with Gasteiger partial charge in [0.15, 0.2) is 13.1 Å². The molecule has 0 bridgehead atoms. The minimum Gasteiger partial charge on any atom is -0.468 e. The van der Waals surface area contributed by atoms with Crippen LogP contribution < -0.4 is 5.32 Å². The minimum absolute atomic E-state index is 0.0862. The number of methoxy groups -OCH3 is 1. The first-order valence-electron chi connectivity index (χ1n) is 5.89. The summed E-state index contributed by atoms with van der Waals surface area (Å²) in [6.45, 7) is 2.03. The monoisotopic (exact) mass is 260 g/mol. The number of dihydropyridines is 1. The molecule has 1 atom stereocenters. The number of allylic oxidation sites excluding steroid dienone is 2. The first kappa shape index (κ1) is 13.3. The zero-order chi connectivity index (χ0) is 13.7. The number of pyridine rings is 1. The van der Waals surface area contributed by atoms with Gasteiger partial charge < -0.3 is 14.8 Å². The summed E-state index contributed by atoms with van der Waals surface area (Å²) in [5.41, 5.74) is 0.833. The Balaban J connectivity index is 2.46. The van der Waals surface area contributed by atoms with Crippen LogP contribution in [0.1, 0.15) is 12.5 Å². The van der Waals surface area contributed by atoms with Gasteiger partial charge in [-0.15, -0.1) is 0 Å². The van der Waals surface area contributed by atoms with E-state index in [1.54, 1.807) is 24.7 Å².